The van der Waals surface area contributed by atoms with Crippen LogP contribution in [0.5, 0.6) is 0 Å². The lowest BCUT2D eigenvalue weighted by atomic mass is 9.91. The minimum absolute atomic E-state index is 0.0607. The first kappa shape index (κ1) is 23.7. The quantitative estimate of drug-likeness (QED) is 0.491. The van der Waals surface area contributed by atoms with Crippen molar-refractivity contribution >= 4 is 35.5 Å². The molecule has 2 aliphatic heterocycles. The number of carbonyl (C=O) groups excluding carboxylic acids is 3. The molecule has 0 radical (unpaired) electrons. The normalized spacial score (nSPS) is 26.8. The van der Waals surface area contributed by atoms with Gasteiger partial charge in [0.15, 0.2) is 12.3 Å². The van der Waals surface area contributed by atoms with Gasteiger partial charge in [0.25, 0.3) is 0 Å². The number of aromatic carboxylic acids is 1. The van der Waals surface area contributed by atoms with Crippen LogP contribution in [0.2, 0.25) is 0 Å². The number of esters is 1. The Morgan fingerprint density at radius 1 is 1.18 bits per heavy atom. The standard InChI is InChI=1S/C24H23ClN2O7/c1-13-15(9-6-10-16(13)20(29)30)18-19(34-21(31)14-7-4-3-5-8-14)24(2,25)22(33-18)27-12-11-17(28)26-23(27)32/h3-10,18-19,22H,11-12H2,1-2H3,(H,29,30)(H,26,28,32)/t18-,19-,22-,24-/m1/s1. The molecule has 0 aliphatic carbocycles. The highest BCUT2D eigenvalue weighted by Crippen LogP contribution is 2.48. The topological polar surface area (TPSA) is 122 Å². The highest BCUT2D eigenvalue weighted by molar-refractivity contribution is 6.25. The number of carbonyl (C=O) groups is 4. The van der Waals surface area contributed by atoms with Gasteiger partial charge >= 0.3 is 18.0 Å². The lowest BCUT2D eigenvalue weighted by Gasteiger charge is -2.37. The first-order chi connectivity index (χ1) is 16.1. The molecule has 3 amide bonds. The summed E-state index contributed by atoms with van der Waals surface area (Å²) < 4.78 is 12.1. The molecule has 9 nitrogen and oxygen atoms in total. The molecule has 0 spiro atoms. The average molecular weight is 487 g/mol. The third kappa shape index (κ3) is 4.24. The molecule has 2 saturated heterocycles. The van der Waals surface area contributed by atoms with E-state index < -0.39 is 47.2 Å². The highest BCUT2D eigenvalue weighted by Gasteiger charge is 2.59. The molecule has 2 aromatic rings. The van der Waals surface area contributed by atoms with Gasteiger partial charge in [-0.3, -0.25) is 15.0 Å². The Labute approximate surface area is 200 Å². The molecular weight excluding hydrogens is 464 g/mol. The number of benzene rings is 2. The summed E-state index contributed by atoms with van der Waals surface area (Å²) in [5, 5.41) is 11.8. The first-order valence-corrected chi connectivity index (χ1v) is 11.0. The fraction of sp³-hybridized carbons (Fsp3) is 0.333. The van der Waals surface area contributed by atoms with Crippen LogP contribution < -0.4 is 5.32 Å². The van der Waals surface area contributed by atoms with Crippen LogP contribution in [0.15, 0.2) is 48.5 Å². The second-order valence-corrected chi connectivity index (χ2v) is 9.19. The monoisotopic (exact) mass is 486 g/mol. The Balaban J connectivity index is 1.75. The van der Waals surface area contributed by atoms with Crippen LogP contribution in [0.1, 0.15) is 51.3 Å². The number of nitrogens with one attached hydrogen (secondary N) is 1. The predicted molar refractivity (Wildman–Crippen MR) is 121 cm³/mol. The van der Waals surface area contributed by atoms with E-state index in [1.165, 1.54) is 11.0 Å². The molecule has 0 bridgehead atoms. The van der Waals surface area contributed by atoms with E-state index >= 15 is 0 Å². The molecule has 10 heteroatoms. The van der Waals surface area contributed by atoms with Crippen LogP contribution in [-0.4, -0.2) is 57.6 Å². The third-order valence-corrected chi connectivity index (χ3v) is 6.52. The van der Waals surface area contributed by atoms with Crippen LogP contribution in [0, 0.1) is 6.92 Å². The van der Waals surface area contributed by atoms with E-state index in [1.807, 2.05) is 0 Å². The maximum atomic E-state index is 12.9. The van der Waals surface area contributed by atoms with Gasteiger partial charge in [0.2, 0.25) is 5.91 Å². The van der Waals surface area contributed by atoms with Gasteiger partial charge in [0.1, 0.15) is 11.0 Å². The Hall–Kier alpha value is -3.43. The van der Waals surface area contributed by atoms with Gasteiger partial charge in [-0.25, -0.2) is 14.4 Å². The first-order valence-electron chi connectivity index (χ1n) is 10.6. The van der Waals surface area contributed by atoms with E-state index in [2.05, 4.69) is 5.32 Å². The number of ether oxygens (including phenoxy) is 2. The van der Waals surface area contributed by atoms with Gasteiger partial charge in [-0.05, 0) is 43.2 Å². The van der Waals surface area contributed by atoms with Crippen molar-refractivity contribution in [3.8, 4) is 0 Å². The van der Waals surface area contributed by atoms with E-state index in [-0.39, 0.29) is 18.5 Å². The fourth-order valence-corrected chi connectivity index (χ4v) is 4.65. The van der Waals surface area contributed by atoms with E-state index in [4.69, 9.17) is 21.1 Å². The van der Waals surface area contributed by atoms with Crippen molar-refractivity contribution in [1.82, 2.24) is 10.2 Å². The van der Waals surface area contributed by atoms with Crippen molar-refractivity contribution < 1.29 is 33.8 Å². The molecule has 2 heterocycles. The van der Waals surface area contributed by atoms with Crippen molar-refractivity contribution in [2.45, 2.75) is 43.6 Å². The number of carboxylic acid groups (broad SMARTS) is 1. The molecule has 4 rings (SSSR count). The van der Waals surface area contributed by atoms with Gasteiger partial charge in [-0.2, -0.15) is 0 Å². The number of rotatable bonds is 5. The maximum Gasteiger partial charge on any atom is 0.338 e. The Morgan fingerprint density at radius 2 is 1.88 bits per heavy atom. The van der Waals surface area contributed by atoms with Crippen molar-refractivity contribution in [1.29, 1.82) is 0 Å². The minimum Gasteiger partial charge on any atom is -0.478 e. The van der Waals surface area contributed by atoms with Gasteiger partial charge < -0.3 is 14.6 Å². The van der Waals surface area contributed by atoms with Crippen LogP contribution in [0.4, 0.5) is 4.79 Å². The van der Waals surface area contributed by atoms with Gasteiger partial charge in [0.05, 0.1) is 11.1 Å². The van der Waals surface area contributed by atoms with E-state index in [1.54, 1.807) is 56.3 Å². The smallest absolute Gasteiger partial charge is 0.338 e. The molecule has 2 fully saturated rings. The summed E-state index contributed by atoms with van der Waals surface area (Å²) >= 11 is 6.94. The summed E-state index contributed by atoms with van der Waals surface area (Å²) in [7, 11) is 0. The third-order valence-electron chi connectivity index (χ3n) is 6.12. The van der Waals surface area contributed by atoms with E-state index in [9.17, 15) is 24.3 Å². The van der Waals surface area contributed by atoms with Gasteiger partial charge in [0, 0.05) is 13.0 Å². The molecule has 2 aliphatic rings. The van der Waals surface area contributed by atoms with Crippen LogP contribution in [0.25, 0.3) is 0 Å². The lowest BCUT2D eigenvalue weighted by molar-refractivity contribution is -0.123. The zero-order valence-corrected chi connectivity index (χ0v) is 19.2. The molecule has 178 valence electrons. The number of alkyl halides is 1. The molecule has 0 unspecified atom stereocenters. The lowest BCUT2D eigenvalue weighted by Crippen LogP contribution is -2.59. The summed E-state index contributed by atoms with van der Waals surface area (Å²) in [5.41, 5.74) is 1.26. The van der Waals surface area contributed by atoms with Crippen molar-refractivity contribution in [2.75, 3.05) is 6.54 Å². The summed E-state index contributed by atoms with van der Waals surface area (Å²) in [4.78, 5) is 48.7. The number of imide groups is 1. The fourth-order valence-electron chi connectivity index (χ4n) is 4.32. The second kappa shape index (κ2) is 9.08. The number of hydrogen-bond acceptors (Lipinski definition) is 6. The maximum absolute atomic E-state index is 12.9. The average Bonchev–Trinajstić information content (AvgIpc) is 3.04. The Kier molecular flexibility index (Phi) is 6.33. The molecule has 2 aromatic carbocycles. The minimum atomic E-state index is -1.42. The molecule has 0 aromatic heterocycles. The number of nitrogens with zero attached hydrogens (tertiary/aromatic N) is 1. The number of hydrogen-bond donors (Lipinski definition) is 2. The largest absolute Gasteiger partial charge is 0.478 e. The second-order valence-electron chi connectivity index (χ2n) is 8.37. The van der Waals surface area contributed by atoms with Crippen molar-refractivity contribution in [2.24, 2.45) is 0 Å². The van der Waals surface area contributed by atoms with Crippen LogP contribution in [-0.2, 0) is 14.3 Å². The van der Waals surface area contributed by atoms with Gasteiger partial charge in [-0.15, -0.1) is 11.6 Å². The summed E-state index contributed by atoms with van der Waals surface area (Å²) in [6.07, 6.45) is -3.05. The molecular formula is C24H23ClN2O7. The van der Waals surface area contributed by atoms with Gasteiger partial charge in [-0.1, -0.05) is 30.3 Å². The summed E-state index contributed by atoms with van der Waals surface area (Å²) in [5.74, 6) is -2.17. The molecule has 0 saturated carbocycles. The number of carboxylic acids is 1. The zero-order valence-electron chi connectivity index (χ0n) is 18.5. The Bertz CT molecular complexity index is 1150. The van der Waals surface area contributed by atoms with Crippen LogP contribution in [0.3, 0.4) is 0 Å². The summed E-state index contributed by atoms with van der Waals surface area (Å²) in [6.45, 7) is 3.28. The number of halogens is 1. The van der Waals surface area contributed by atoms with E-state index in [0.717, 1.165) is 0 Å². The Morgan fingerprint density at radius 3 is 2.53 bits per heavy atom. The highest BCUT2D eigenvalue weighted by atomic mass is 35.5. The van der Waals surface area contributed by atoms with E-state index in [0.29, 0.717) is 16.7 Å². The van der Waals surface area contributed by atoms with Crippen molar-refractivity contribution in [3.63, 3.8) is 0 Å². The molecule has 2 N–H and O–H groups in total. The SMILES string of the molecule is Cc1c(C(=O)O)cccc1[C@H]1O[C@@H](N2CCC(=O)NC2=O)[C@](C)(Cl)[C@@H]1OC(=O)c1ccccc1. The molecule has 4 atom stereocenters. The zero-order chi connectivity index (χ0) is 24.6. The van der Waals surface area contributed by atoms with Crippen LogP contribution >= 0.6 is 11.6 Å². The number of urea groups is 1. The van der Waals surface area contributed by atoms with Crippen molar-refractivity contribution in [3.05, 3.63) is 70.8 Å². The predicted octanol–water partition coefficient (Wildman–Crippen LogP) is 3.26. The molecule has 34 heavy (non-hydrogen) atoms. The number of amides is 3. The summed E-state index contributed by atoms with van der Waals surface area (Å²) in [6, 6.07) is 12.4.